The van der Waals surface area contributed by atoms with Crippen molar-refractivity contribution in [1.29, 1.82) is 0 Å². The second-order valence-electron chi connectivity index (χ2n) is 5.13. The van der Waals surface area contributed by atoms with Gasteiger partial charge in [0.05, 0.1) is 0 Å². The number of nitrogens with two attached hydrogens (primary N) is 2. The summed E-state index contributed by atoms with van der Waals surface area (Å²) in [5, 5.41) is 0. The van der Waals surface area contributed by atoms with Crippen LogP contribution in [0.3, 0.4) is 0 Å². The molecule has 0 heterocycles. The Bertz CT molecular complexity index is 189. The van der Waals surface area contributed by atoms with E-state index in [0.29, 0.717) is 13.0 Å². The molecule has 7 N–H and O–H groups in total. The zero-order valence-corrected chi connectivity index (χ0v) is 12.4. The largest absolute Gasteiger partial charge is 0.492 e. The predicted molar refractivity (Wildman–Crippen MR) is 75.8 cm³/mol. The van der Waals surface area contributed by atoms with Crippen LogP contribution in [-0.4, -0.2) is 35.8 Å². The van der Waals surface area contributed by atoms with E-state index in [9.17, 15) is 0 Å². The summed E-state index contributed by atoms with van der Waals surface area (Å²) in [7, 11) is -3.78. The van der Waals surface area contributed by atoms with Crippen molar-refractivity contribution < 1.29 is 14.4 Å². The van der Waals surface area contributed by atoms with Crippen LogP contribution in [0.5, 0.6) is 0 Å². The zero-order valence-electron chi connectivity index (χ0n) is 11.4. The van der Waals surface area contributed by atoms with Gasteiger partial charge in [-0.25, -0.2) is 0 Å². The summed E-state index contributed by atoms with van der Waals surface area (Å²) in [5.41, 5.74) is 11.3. The first-order valence-electron chi connectivity index (χ1n) is 7.08. The van der Waals surface area contributed by atoms with Crippen LogP contribution < -0.4 is 11.5 Å². The highest BCUT2D eigenvalue weighted by molar-refractivity contribution is 6.56. The molecule has 0 aliphatic carbocycles. The minimum atomic E-state index is -3.78. The van der Waals surface area contributed by atoms with Crippen LogP contribution in [-0.2, 0) is 0 Å². The van der Waals surface area contributed by atoms with Gasteiger partial charge in [-0.2, -0.15) is 0 Å². The van der Waals surface area contributed by atoms with Crippen molar-refractivity contribution in [3.63, 3.8) is 0 Å². The fourth-order valence-corrected chi connectivity index (χ4v) is 2.74. The first-order valence-corrected chi connectivity index (χ1v) is 9.13. The van der Waals surface area contributed by atoms with Gasteiger partial charge in [-0.05, 0) is 25.8 Å². The number of unbranched alkanes of at least 4 members (excludes halogenated alkanes) is 6. The predicted octanol–water partition coefficient (Wildman–Crippen LogP) is 0.699. The molecule has 110 valence electrons. The van der Waals surface area contributed by atoms with E-state index in [1.807, 2.05) is 0 Å². The molecule has 0 aliphatic rings. The molecular formula is C12H30N2O3Si. The Morgan fingerprint density at radius 3 is 1.78 bits per heavy atom. The minimum absolute atomic E-state index is 0.168. The van der Waals surface area contributed by atoms with Gasteiger partial charge in [0.2, 0.25) is 0 Å². The van der Waals surface area contributed by atoms with Gasteiger partial charge in [-0.3, -0.25) is 0 Å². The smallest absolute Gasteiger partial charge is 0.390 e. The van der Waals surface area contributed by atoms with E-state index in [4.69, 9.17) is 25.9 Å². The average Bonchev–Trinajstić information content (AvgIpc) is 2.25. The molecule has 1 unspecified atom stereocenters. The lowest BCUT2D eigenvalue weighted by Gasteiger charge is -2.10. The number of hydrogen-bond acceptors (Lipinski definition) is 5. The van der Waals surface area contributed by atoms with Gasteiger partial charge in [-0.1, -0.05) is 38.5 Å². The molecule has 0 aromatic heterocycles. The Balaban J connectivity index is 3.12. The first kappa shape index (κ1) is 18.0. The quantitative estimate of drug-likeness (QED) is 0.266. The average molecular weight is 278 g/mol. The van der Waals surface area contributed by atoms with Gasteiger partial charge in [-0.15, -0.1) is 0 Å². The summed E-state index contributed by atoms with van der Waals surface area (Å²) in [4.78, 5) is 26.4. The van der Waals surface area contributed by atoms with Crippen molar-refractivity contribution in [2.24, 2.45) is 11.5 Å². The second-order valence-corrected chi connectivity index (χ2v) is 7.17. The van der Waals surface area contributed by atoms with Gasteiger partial charge in [0, 0.05) is 12.1 Å². The molecule has 0 aromatic carbocycles. The van der Waals surface area contributed by atoms with E-state index in [1.165, 1.54) is 25.7 Å². The van der Waals surface area contributed by atoms with Crippen molar-refractivity contribution in [3.8, 4) is 0 Å². The molecule has 0 saturated carbocycles. The highest BCUT2D eigenvalue weighted by atomic mass is 28.4. The van der Waals surface area contributed by atoms with Gasteiger partial charge in [0.25, 0.3) is 0 Å². The fraction of sp³-hybridized carbons (Fsp3) is 1.00. The summed E-state index contributed by atoms with van der Waals surface area (Å²) >= 11 is 0. The molecule has 0 radical (unpaired) electrons. The van der Waals surface area contributed by atoms with E-state index in [1.54, 1.807) is 0 Å². The highest BCUT2D eigenvalue weighted by Gasteiger charge is 2.25. The molecular weight excluding hydrogens is 248 g/mol. The van der Waals surface area contributed by atoms with Gasteiger partial charge >= 0.3 is 8.80 Å². The Hall–Kier alpha value is 0.0169. The van der Waals surface area contributed by atoms with E-state index in [0.717, 1.165) is 25.7 Å². The van der Waals surface area contributed by atoms with Crippen LogP contribution >= 0.6 is 0 Å². The van der Waals surface area contributed by atoms with Crippen molar-refractivity contribution in [2.75, 3.05) is 6.54 Å². The molecule has 0 rings (SSSR count). The van der Waals surface area contributed by atoms with Gasteiger partial charge < -0.3 is 25.9 Å². The van der Waals surface area contributed by atoms with Crippen LogP contribution in [0.15, 0.2) is 0 Å². The third kappa shape index (κ3) is 14.1. The maximum Gasteiger partial charge on any atom is 0.492 e. The molecule has 0 spiro atoms. The number of rotatable bonds is 12. The van der Waals surface area contributed by atoms with E-state index in [-0.39, 0.29) is 12.1 Å². The lowest BCUT2D eigenvalue weighted by Crippen LogP contribution is -2.33. The second kappa shape index (κ2) is 10.9. The van der Waals surface area contributed by atoms with E-state index in [2.05, 4.69) is 0 Å². The minimum Gasteiger partial charge on any atom is -0.390 e. The van der Waals surface area contributed by atoms with Crippen LogP contribution in [0.4, 0.5) is 0 Å². The van der Waals surface area contributed by atoms with Crippen LogP contribution in [0.1, 0.15) is 57.8 Å². The maximum absolute atomic E-state index is 8.82. The topological polar surface area (TPSA) is 113 Å². The molecule has 6 heteroatoms. The Kier molecular flexibility index (Phi) is 10.9. The highest BCUT2D eigenvalue weighted by Crippen LogP contribution is 2.12. The van der Waals surface area contributed by atoms with Gasteiger partial charge in [0.1, 0.15) is 0 Å². The van der Waals surface area contributed by atoms with Crippen LogP contribution in [0, 0.1) is 0 Å². The first-order chi connectivity index (χ1) is 8.45. The Morgan fingerprint density at radius 1 is 0.778 bits per heavy atom. The molecule has 5 nitrogen and oxygen atoms in total. The number of hydrogen-bond donors (Lipinski definition) is 5. The summed E-state index contributed by atoms with van der Waals surface area (Å²) in [5.74, 6) is 0. The zero-order chi connectivity index (χ0) is 13.9. The monoisotopic (exact) mass is 278 g/mol. The van der Waals surface area contributed by atoms with Crippen LogP contribution in [0.25, 0.3) is 0 Å². The molecule has 0 fully saturated rings. The molecule has 0 bridgehead atoms. The molecule has 18 heavy (non-hydrogen) atoms. The molecule has 1 atom stereocenters. The maximum atomic E-state index is 8.82. The molecule has 0 amide bonds. The van der Waals surface area contributed by atoms with E-state index >= 15 is 0 Å². The molecule has 0 aliphatic heterocycles. The summed E-state index contributed by atoms with van der Waals surface area (Å²) in [6.07, 6.45) is 9.48. The van der Waals surface area contributed by atoms with Crippen molar-refractivity contribution in [3.05, 3.63) is 0 Å². The lowest BCUT2D eigenvalue weighted by atomic mass is 10.0. The standard InChI is InChI=1S/C12H30N2O3Si/c13-10-9-12(14)8-6-4-2-1-3-5-7-11-18(15,16)17/h12,15-17H,1-11,13-14H2. The van der Waals surface area contributed by atoms with Crippen LogP contribution in [0.2, 0.25) is 6.04 Å². The van der Waals surface area contributed by atoms with E-state index < -0.39 is 8.80 Å². The summed E-state index contributed by atoms with van der Waals surface area (Å²) in [6, 6.07) is 0.424. The lowest BCUT2D eigenvalue weighted by molar-refractivity contribution is 0.226. The normalized spacial score (nSPS) is 13.8. The van der Waals surface area contributed by atoms with Crippen molar-refractivity contribution in [1.82, 2.24) is 0 Å². The molecule has 0 aromatic rings. The Labute approximate surface area is 112 Å². The van der Waals surface area contributed by atoms with Gasteiger partial charge in [0.15, 0.2) is 0 Å². The fourth-order valence-electron chi connectivity index (χ4n) is 2.01. The third-order valence-electron chi connectivity index (χ3n) is 3.12. The third-order valence-corrected chi connectivity index (χ3v) is 4.15. The Morgan fingerprint density at radius 2 is 1.28 bits per heavy atom. The summed E-state index contributed by atoms with van der Waals surface area (Å²) < 4.78 is 0. The SMILES string of the molecule is NCCC(N)CCCCCCCCC[Si](O)(O)O. The summed E-state index contributed by atoms with van der Waals surface area (Å²) in [6.45, 7) is 0.673. The molecule has 0 saturated heterocycles. The van der Waals surface area contributed by atoms with Crippen molar-refractivity contribution >= 4 is 8.80 Å². The van der Waals surface area contributed by atoms with Crippen molar-refractivity contribution in [2.45, 2.75) is 69.9 Å².